The van der Waals surface area contributed by atoms with E-state index in [-0.39, 0.29) is 23.6 Å². The van der Waals surface area contributed by atoms with Gasteiger partial charge in [0, 0.05) is 18.3 Å². The molecule has 1 aliphatic rings. The molecule has 2 atom stereocenters. The van der Waals surface area contributed by atoms with Gasteiger partial charge in [-0.2, -0.15) is 0 Å². The van der Waals surface area contributed by atoms with Gasteiger partial charge in [0.15, 0.2) is 0 Å². The third-order valence-corrected chi connectivity index (χ3v) is 3.05. The van der Waals surface area contributed by atoms with Crippen LogP contribution in [0.3, 0.4) is 0 Å². The van der Waals surface area contributed by atoms with Crippen LogP contribution in [0.4, 0.5) is 4.39 Å². The predicted octanol–water partition coefficient (Wildman–Crippen LogP) is 1.09. The summed E-state index contributed by atoms with van der Waals surface area (Å²) in [6, 6.07) is 1.54. The molecule has 17 heavy (non-hydrogen) atoms. The average Bonchev–Trinajstić information content (AvgIpc) is 2.32. The molecule has 1 aliphatic heterocycles. The number of aromatic nitrogens is 1. The van der Waals surface area contributed by atoms with Crippen molar-refractivity contribution in [2.75, 3.05) is 6.54 Å². The first-order valence-corrected chi connectivity index (χ1v) is 5.81. The monoisotopic (exact) mass is 237 g/mol. The van der Waals surface area contributed by atoms with Gasteiger partial charge in [0.05, 0.1) is 11.8 Å². The Balaban J connectivity index is 2.01. The second-order valence-corrected chi connectivity index (χ2v) is 4.36. The van der Waals surface area contributed by atoms with Crippen molar-refractivity contribution < 1.29 is 9.18 Å². The minimum absolute atomic E-state index is 0.0968. The third-order valence-electron chi connectivity index (χ3n) is 3.05. The second-order valence-electron chi connectivity index (χ2n) is 4.36. The maximum absolute atomic E-state index is 12.9. The number of nitrogens with one attached hydrogen (secondary N) is 2. The summed E-state index contributed by atoms with van der Waals surface area (Å²) >= 11 is 0. The molecule has 2 heterocycles. The Labute approximate surface area is 99.6 Å². The lowest BCUT2D eigenvalue weighted by Crippen LogP contribution is -2.51. The fourth-order valence-electron chi connectivity index (χ4n) is 2.03. The highest BCUT2D eigenvalue weighted by Gasteiger charge is 2.22. The standard InChI is InChI=1S/C12H16FN3O/c1-8-11(3-2-4-15-8)16-12(17)9-5-10(13)7-14-6-9/h5-8,11,15H,2-4H2,1H3,(H,16,17). The zero-order valence-electron chi connectivity index (χ0n) is 9.74. The highest BCUT2D eigenvalue weighted by molar-refractivity contribution is 5.94. The number of halogens is 1. The Morgan fingerprint density at radius 3 is 3.12 bits per heavy atom. The van der Waals surface area contributed by atoms with E-state index in [0.29, 0.717) is 0 Å². The van der Waals surface area contributed by atoms with Crippen molar-refractivity contribution in [2.24, 2.45) is 0 Å². The summed E-state index contributed by atoms with van der Waals surface area (Å²) in [5.74, 6) is -0.759. The van der Waals surface area contributed by atoms with Crippen LogP contribution in [-0.4, -0.2) is 29.5 Å². The van der Waals surface area contributed by atoms with Crippen LogP contribution in [0.25, 0.3) is 0 Å². The van der Waals surface area contributed by atoms with E-state index in [0.717, 1.165) is 25.6 Å². The van der Waals surface area contributed by atoms with E-state index < -0.39 is 5.82 Å². The van der Waals surface area contributed by atoms with Gasteiger partial charge in [0.2, 0.25) is 0 Å². The van der Waals surface area contributed by atoms with Crippen molar-refractivity contribution in [3.63, 3.8) is 0 Å². The maximum Gasteiger partial charge on any atom is 0.253 e. The van der Waals surface area contributed by atoms with E-state index in [1.54, 1.807) is 0 Å². The first-order valence-electron chi connectivity index (χ1n) is 5.81. The molecule has 2 unspecified atom stereocenters. The lowest BCUT2D eigenvalue weighted by Gasteiger charge is -2.30. The van der Waals surface area contributed by atoms with Gasteiger partial charge in [0.25, 0.3) is 5.91 Å². The van der Waals surface area contributed by atoms with E-state index >= 15 is 0 Å². The van der Waals surface area contributed by atoms with Gasteiger partial charge >= 0.3 is 0 Å². The van der Waals surface area contributed by atoms with Gasteiger partial charge in [0.1, 0.15) is 5.82 Å². The smallest absolute Gasteiger partial charge is 0.253 e. The van der Waals surface area contributed by atoms with Crippen LogP contribution >= 0.6 is 0 Å². The van der Waals surface area contributed by atoms with Crippen LogP contribution in [0, 0.1) is 5.82 Å². The zero-order valence-corrected chi connectivity index (χ0v) is 9.74. The minimum Gasteiger partial charge on any atom is -0.348 e. The summed E-state index contributed by atoms with van der Waals surface area (Å²) in [5.41, 5.74) is 0.266. The zero-order chi connectivity index (χ0) is 12.3. The van der Waals surface area contributed by atoms with Gasteiger partial charge < -0.3 is 10.6 Å². The molecule has 2 N–H and O–H groups in total. The SMILES string of the molecule is CC1NCCCC1NC(=O)c1cncc(F)c1. The number of hydrogen-bond acceptors (Lipinski definition) is 3. The fraction of sp³-hybridized carbons (Fsp3) is 0.500. The van der Waals surface area contributed by atoms with Crippen LogP contribution in [0.1, 0.15) is 30.1 Å². The summed E-state index contributed by atoms with van der Waals surface area (Å²) in [5, 5.41) is 6.20. The lowest BCUT2D eigenvalue weighted by atomic mass is 9.99. The number of piperidine rings is 1. The van der Waals surface area contributed by atoms with Crippen molar-refractivity contribution >= 4 is 5.91 Å². The summed E-state index contributed by atoms with van der Waals surface area (Å²) in [7, 11) is 0. The molecule has 1 fully saturated rings. The third kappa shape index (κ3) is 3.00. The molecule has 1 amide bonds. The minimum atomic E-state index is -0.493. The molecule has 2 rings (SSSR count). The average molecular weight is 237 g/mol. The molecule has 4 nitrogen and oxygen atoms in total. The lowest BCUT2D eigenvalue weighted by molar-refractivity contribution is 0.0919. The van der Waals surface area contributed by atoms with Crippen molar-refractivity contribution in [3.8, 4) is 0 Å². The summed E-state index contributed by atoms with van der Waals surface area (Å²) in [4.78, 5) is 15.5. The number of carbonyl (C=O) groups excluding carboxylic acids is 1. The maximum atomic E-state index is 12.9. The Bertz CT molecular complexity index is 410. The van der Waals surface area contributed by atoms with Crippen LogP contribution in [0.2, 0.25) is 0 Å². The molecule has 0 radical (unpaired) electrons. The molecule has 0 aromatic carbocycles. The molecule has 0 bridgehead atoms. The molecule has 1 aromatic heterocycles. The van der Waals surface area contributed by atoms with E-state index in [1.807, 2.05) is 6.92 Å². The van der Waals surface area contributed by atoms with Gasteiger partial charge in [-0.05, 0) is 32.4 Å². The predicted molar refractivity (Wildman–Crippen MR) is 62.1 cm³/mol. The van der Waals surface area contributed by atoms with Gasteiger partial charge in [-0.1, -0.05) is 0 Å². The van der Waals surface area contributed by atoms with Crippen LogP contribution in [0.15, 0.2) is 18.5 Å². The highest BCUT2D eigenvalue weighted by atomic mass is 19.1. The summed E-state index contributed by atoms with van der Waals surface area (Å²) in [6.07, 6.45) is 4.44. The van der Waals surface area contributed by atoms with Crippen molar-refractivity contribution in [3.05, 3.63) is 29.8 Å². The van der Waals surface area contributed by atoms with Crippen LogP contribution < -0.4 is 10.6 Å². The molecular weight excluding hydrogens is 221 g/mol. The summed E-state index contributed by atoms with van der Waals surface area (Å²) in [6.45, 7) is 3.02. The van der Waals surface area contributed by atoms with E-state index in [2.05, 4.69) is 15.6 Å². The van der Waals surface area contributed by atoms with Gasteiger partial charge in [-0.15, -0.1) is 0 Å². The fourth-order valence-corrected chi connectivity index (χ4v) is 2.03. The normalized spacial score (nSPS) is 24.4. The second kappa shape index (κ2) is 5.23. The Kier molecular flexibility index (Phi) is 3.68. The molecule has 1 saturated heterocycles. The molecule has 0 aliphatic carbocycles. The molecule has 92 valence electrons. The molecular formula is C12H16FN3O. The molecule has 1 aromatic rings. The van der Waals surface area contributed by atoms with Crippen LogP contribution in [0.5, 0.6) is 0 Å². The first-order chi connectivity index (χ1) is 8.16. The number of pyridine rings is 1. The van der Waals surface area contributed by atoms with Crippen molar-refractivity contribution in [2.45, 2.75) is 31.8 Å². The van der Waals surface area contributed by atoms with E-state index in [1.165, 1.54) is 12.3 Å². The Morgan fingerprint density at radius 2 is 2.41 bits per heavy atom. The highest BCUT2D eigenvalue weighted by Crippen LogP contribution is 2.09. The first kappa shape index (κ1) is 12.0. The Morgan fingerprint density at radius 1 is 1.59 bits per heavy atom. The summed E-state index contributed by atoms with van der Waals surface area (Å²) < 4.78 is 12.9. The number of carbonyl (C=O) groups is 1. The van der Waals surface area contributed by atoms with E-state index in [9.17, 15) is 9.18 Å². The van der Waals surface area contributed by atoms with Crippen LogP contribution in [-0.2, 0) is 0 Å². The molecule has 0 spiro atoms. The van der Waals surface area contributed by atoms with E-state index in [4.69, 9.17) is 0 Å². The number of amides is 1. The number of nitrogens with zero attached hydrogens (tertiary/aromatic N) is 1. The van der Waals surface area contributed by atoms with Gasteiger partial charge in [-0.25, -0.2) is 4.39 Å². The topological polar surface area (TPSA) is 54.0 Å². The van der Waals surface area contributed by atoms with Crippen molar-refractivity contribution in [1.82, 2.24) is 15.6 Å². The van der Waals surface area contributed by atoms with Gasteiger partial charge in [-0.3, -0.25) is 9.78 Å². The molecule has 5 heteroatoms. The largest absolute Gasteiger partial charge is 0.348 e. The Hall–Kier alpha value is -1.49. The number of rotatable bonds is 2. The number of hydrogen-bond donors (Lipinski definition) is 2. The quantitative estimate of drug-likeness (QED) is 0.809. The molecule has 0 saturated carbocycles. The van der Waals surface area contributed by atoms with Crippen molar-refractivity contribution in [1.29, 1.82) is 0 Å².